The Morgan fingerprint density at radius 3 is 2.81 bits per heavy atom. The number of hydrogen-bond acceptors (Lipinski definition) is 1. The van der Waals surface area contributed by atoms with Gasteiger partial charge in [-0.25, -0.2) is 0 Å². The molecule has 1 nitrogen and oxygen atoms in total. The molecule has 1 aliphatic carbocycles. The zero-order valence-corrected chi connectivity index (χ0v) is 10.9. The lowest BCUT2D eigenvalue weighted by Crippen LogP contribution is -2.38. The second-order valence-electron chi connectivity index (χ2n) is 5.17. The van der Waals surface area contributed by atoms with E-state index in [0.717, 1.165) is 5.92 Å². The van der Waals surface area contributed by atoms with Crippen LogP contribution < -0.4 is 0 Å². The standard InChI is InChI=1S/C15H23N/c1-5-8-14-12(4)13-9-6-7-10-15(13)16(14)11(2)3/h5,7-8,10-11,13,15H,6,9H2,1-4H3/b8-5-. The number of rotatable bonds is 2. The van der Waals surface area contributed by atoms with Crippen LogP contribution in [-0.4, -0.2) is 17.0 Å². The molecule has 0 aromatic carbocycles. The van der Waals surface area contributed by atoms with Crippen molar-refractivity contribution >= 4 is 0 Å². The zero-order chi connectivity index (χ0) is 11.7. The minimum atomic E-state index is 0.582. The molecule has 0 amide bonds. The quantitative estimate of drug-likeness (QED) is 0.634. The third kappa shape index (κ3) is 1.73. The minimum absolute atomic E-state index is 0.582. The normalized spacial score (nSPS) is 29.7. The van der Waals surface area contributed by atoms with E-state index in [2.05, 4.69) is 56.9 Å². The Hall–Kier alpha value is -0.980. The molecule has 2 rings (SSSR count). The maximum absolute atomic E-state index is 2.58. The van der Waals surface area contributed by atoms with Crippen molar-refractivity contribution in [2.75, 3.05) is 0 Å². The topological polar surface area (TPSA) is 3.24 Å². The zero-order valence-electron chi connectivity index (χ0n) is 10.9. The van der Waals surface area contributed by atoms with Gasteiger partial charge in [0, 0.05) is 17.7 Å². The number of fused-ring (bicyclic) bond motifs is 1. The van der Waals surface area contributed by atoms with E-state index >= 15 is 0 Å². The molecule has 0 saturated heterocycles. The molecule has 0 aromatic rings. The summed E-state index contributed by atoms with van der Waals surface area (Å²) in [6, 6.07) is 1.19. The predicted octanol–water partition coefficient (Wildman–Crippen LogP) is 3.90. The first-order valence-corrected chi connectivity index (χ1v) is 6.45. The van der Waals surface area contributed by atoms with Gasteiger partial charge in [0.05, 0.1) is 6.04 Å². The first-order valence-electron chi connectivity index (χ1n) is 6.45. The molecule has 0 radical (unpaired) electrons. The first-order chi connectivity index (χ1) is 7.66. The van der Waals surface area contributed by atoms with Crippen LogP contribution in [0.1, 0.15) is 40.5 Å². The summed E-state index contributed by atoms with van der Waals surface area (Å²) < 4.78 is 0. The minimum Gasteiger partial charge on any atom is -0.362 e. The summed E-state index contributed by atoms with van der Waals surface area (Å²) in [6.45, 7) is 9.01. The van der Waals surface area contributed by atoms with Crippen LogP contribution in [0.4, 0.5) is 0 Å². The summed E-state index contributed by atoms with van der Waals surface area (Å²) >= 11 is 0. The molecule has 2 atom stereocenters. The predicted molar refractivity (Wildman–Crippen MR) is 70.1 cm³/mol. The summed E-state index contributed by atoms with van der Waals surface area (Å²) in [5, 5.41) is 0. The molecule has 0 spiro atoms. The maximum atomic E-state index is 2.58. The van der Waals surface area contributed by atoms with Gasteiger partial charge in [-0.2, -0.15) is 0 Å². The van der Waals surface area contributed by atoms with Crippen molar-refractivity contribution in [3.8, 4) is 0 Å². The third-order valence-electron chi connectivity index (χ3n) is 3.83. The number of nitrogens with zero attached hydrogens (tertiary/aromatic N) is 1. The van der Waals surface area contributed by atoms with E-state index in [0.29, 0.717) is 12.1 Å². The molecule has 0 N–H and O–H groups in total. The lowest BCUT2D eigenvalue weighted by molar-refractivity contribution is 0.228. The highest BCUT2D eigenvalue weighted by molar-refractivity contribution is 5.36. The fourth-order valence-corrected chi connectivity index (χ4v) is 3.13. The van der Waals surface area contributed by atoms with Crippen LogP contribution in [0.15, 0.2) is 35.6 Å². The fraction of sp³-hybridized carbons (Fsp3) is 0.600. The van der Waals surface area contributed by atoms with Crippen molar-refractivity contribution in [1.82, 2.24) is 4.90 Å². The van der Waals surface area contributed by atoms with Crippen LogP contribution in [0, 0.1) is 5.92 Å². The van der Waals surface area contributed by atoms with Crippen molar-refractivity contribution in [3.05, 3.63) is 35.6 Å². The van der Waals surface area contributed by atoms with Crippen molar-refractivity contribution in [2.24, 2.45) is 5.92 Å². The van der Waals surface area contributed by atoms with E-state index in [1.165, 1.54) is 18.5 Å². The van der Waals surface area contributed by atoms with Gasteiger partial charge in [-0.3, -0.25) is 0 Å². The van der Waals surface area contributed by atoms with Crippen LogP contribution in [-0.2, 0) is 0 Å². The van der Waals surface area contributed by atoms with E-state index in [1.54, 1.807) is 5.57 Å². The average molecular weight is 217 g/mol. The van der Waals surface area contributed by atoms with E-state index in [-0.39, 0.29) is 0 Å². The summed E-state index contributed by atoms with van der Waals surface area (Å²) in [5.41, 5.74) is 3.04. The van der Waals surface area contributed by atoms with E-state index in [9.17, 15) is 0 Å². The monoisotopic (exact) mass is 217 g/mol. The van der Waals surface area contributed by atoms with Gasteiger partial charge >= 0.3 is 0 Å². The Morgan fingerprint density at radius 2 is 2.19 bits per heavy atom. The van der Waals surface area contributed by atoms with E-state index < -0.39 is 0 Å². The van der Waals surface area contributed by atoms with Crippen LogP contribution in [0.3, 0.4) is 0 Å². The molecule has 2 unspecified atom stereocenters. The summed E-state index contributed by atoms with van der Waals surface area (Å²) in [7, 11) is 0. The number of hydrogen-bond donors (Lipinski definition) is 0. The molecule has 0 aromatic heterocycles. The van der Waals surface area contributed by atoms with Gasteiger partial charge in [0.2, 0.25) is 0 Å². The molecule has 1 heteroatoms. The summed E-state index contributed by atoms with van der Waals surface area (Å²) in [6.07, 6.45) is 11.8. The van der Waals surface area contributed by atoms with Crippen molar-refractivity contribution in [2.45, 2.75) is 52.6 Å². The molecule has 1 aliphatic heterocycles. The largest absolute Gasteiger partial charge is 0.362 e. The Balaban J connectivity index is 2.39. The summed E-state index contributed by atoms with van der Waals surface area (Å²) in [4.78, 5) is 2.58. The fourth-order valence-electron chi connectivity index (χ4n) is 3.13. The second-order valence-corrected chi connectivity index (χ2v) is 5.17. The Morgan fingerprint density at radius 1 is 1.44 bits per heavy atom. The lowest BCUT2D eigenvalue weighted by Gasteiger charge is -2.34. The molecule has 0 bridgehead atoms. The average Bonchev–Trinajstić information content (AvgIpc) is 2.54. The smallest absolute Gasteiger partial charge is 0.0542 e. The first kappa shape index (κ1) is 11.5. The maximum Gasteiger partial charge on any atom is 0.0542 e. The second kappa shape index (κ2) is 4.48. The van der Waals surface area contributed by atoms with E-state index in [1.807, 2.05) is 0 Å². The van der Waals surface area contributed by atoms with Crippen molar-refractivity contribution < 1.29 is 0 Å². The SMILES string of the molecule is C/C=C\C1=C(C)C2CCC=CC2N1C(C)C. The molecule has 88 valence electrons. The Bertz CT molecular complexity index is 346. The van der Waals surface area contributed by atoms with Crippen LogP contribution in [0.5, 0.6) is 0 Å². The number of allylic oxidation sites excluding steroid dienone is 3. The molecule has 1 heterocycles. The molecular formula is C15H23N. The molecule has 2 aliphatic rings. The third-order valence-corrected chi connectivity index (χ3v) is 3.83. The van der Waals surface area contributed by atoms with Crippen molar-refractivity contribution in [3.63, 3.8) is 0 Å². The molecular weight excluding hydrogens is 194 g/mol. The molecule has 0 saturated carbocycles. The Labute approximate surface area is 99.5 Å². The highest BCUT2D eigenvalue weighted by Crippen LogP contribution is 2.41. The highest BCUT2D eigenvalue weighted by Gasteiger charge is 2.37. The van der Waals surface area contributed by atoms with Gasteiger partial charge in [-0.15, -0.1) is 0 Å². The van der Waals surface area contributed by atoms with Gasteiger partial charge in [-0.1, -0.05) is 18.2 Å². The van der Waals surface area contributed by atoms with E-state index in [4.69, 9.17) is 0 Å². The lowest BCUT2D eigenvalue weighted by atomic mass is 9.86. The van der Waals surface area contributed by atoms with Gasteiger partial charge in [0.1, 0.15) is 0 Å². The van der Waals surface area contributed by atoms with Crippen LogP contribution in [0.2, 0.25) is 0 Å². The van der Waals surface area contributed by atoms with Gasteiger partial charge in [0.15, 0.2) is 0 Å². The van der Waals surface area contributed by atoms with Gasteiger partial charge in [-0.05, 0) is 52.2 Å². The molecule has 16 heavy (non-hydrogen) atoms. The summed E-state index contributed by atoms with van der Waals surface area (Å²) in [5.74, 6) is 0.749. The van der Waals surface area contributed by atoms with Crippen LogP contribution in [0.25, 0.3) is 0 Å². The van der Waals surface area contributed by atoms with Gasteiger partial charge in [0.25, 0.3) is 0 Å². The van der Waals surface area contributed by atoms with Crippen LogP contribution >= 0.6 is 0 Å². The van der Waals surface area contributed by atoms with Gasteiger partial charge < -0.3 is 4.90 Å². The highest BCUT2D eigenvalue weighted by atomic mass is 15.2. The van der Waals surface area contributed by atoms with Crippen molar-refractivity contribution in [1.29, 1.82) is 0 Å². The Kier molecular flexibility index (Phi) is 3.22. The molecule has 0 fully saturated rings.